The van der Waals surface area contributed by atoms with E-state index in [1.165, 1.54) is 5.57 Å². The molecule has 0 atom stereocenters. The first-order valence-electron chi connectivity index (χ1n) is 5.80. The van der Waals surface area contributed by atoms with Crippen LogP contribution in [0, 0.1) is 0 Å². The van der Waals surface area contributed by atoms with Crippen molar-refractivity contribution < 1.29 is 4.79 Å². The molecule has 0 fully saturated rings. The third kappa shape index (κ3) is 3.79. The van der Waals surface area contributed by atoms with Gasteiger partial charge in [-0.25, -0.2) is 4.79 Å². The van der Waals surface area contributed by atoms with Gasteiger partial charge in [0.25, 0.3) is 0 Å². The Kier molecular flexibility index (Phi) is 3.97. The lowest BCUT2D eigenvalue weighted by Gasteiger charge is -2.10. The van der Waals surface area contributed by atoms with E-state index in [9.17, 15) is 4.79 Å². The number of amides is 2. The van der Waals surface area contributed by atoms with Crippen LogP contribution in [0.1, 0.15) is 12.8 Å². The van der Waals surface area contributed by atoms with Gasteiger partial charge in [0.05, 0.1) is 0 Å². The van der Waals surface area contributed by atoms with Crippen molar-refractivity contribution in [3.63, 3.8) is 0 Å². The molecular formula is C14H16N2O. The van der Waals surface area contributed by atoms with Gasteiger partial charge in [0.1, 0.15) is 0 Å². The van der Waals surface area contributed by atoms with E-state index in [1.807, 2.05) is 30.3 Å². The topological polar surface area (TPSA) is 41.1 Å². The zero-order valence-corrected chi connectivity index (χ0v) is 9.65. The molecule has 0 aliphatic heterocycles. The fourth-order valence-electron chi connectivity index (χ4n) is 1.68. The Morgan fingerprint density at radius 3 is 2.71 bits per heavy atom. The molecule has 2 amide bonds. The number of anilines is 1. The highest BCUT2D eigenvalue weighted by molar-refractivity contribution is 5.89. The van der Waals surface area contributed by atoms with Crippen LogP contribution in [0.4, 0.5) is 10.5 Å². The molecule has 0 aromatic heterocycles. The van der Waals surface area contributed by atoms with E-state index in [0.717, 1.165) is 18.5 Å². The number of carbonyl (C=O) groups excluding carboxylic acids is 1. The molecule has 2 rings (SSSR count). The first-order chi connectivity index (χ1) is 8.34. The molecule has 3 heteroatoms. The van der Waals surface area contributed by atoms with Crippen LogP contribution in [-0.4, -0.2) is 12.6 Å². The molecule has 0 saturated heterocycles. The minimum Gasteiger partial charge on any atom is -0.334 e. The Bertz CT molecular complexity index is 435. The highest BCUT2D eigenvalue weighted by Crippen LogP contribution is 2.08. The molecule has 0 spiro atoms. The van der Waals surface area contributed by atoms with E-state index < -0.39 is 0 Å². The largest absolute Gasteiger partial charge is 0.334 e. The van der Waals surface area contributed by atoms with Crippen molar-refractivity contribution in [2.75, 3.05) is 11.9 Å². The maximum Gasteiger partial charge on any atom is 0.319 e. The molecule has 1 aliphatic rings. The van der Waals surface area contributed by atoms with E-state index in [4.69, 9.17) is 0 Å². The lowest BCUT2D eigenvalue weighted by molar-refractivity contribution is 0.253. The molecular weight excluding hydrogens is 212 g/mol. The number of para-hydroxylation sites is 1. The van der Waals surface area contributed by atoms with Gasteiger partial charge in [0.15, 0.2) is 0 Å². The third-order valence-electron chi connectivity index (χ3n) is 2.56. The van der Waals surface area contributed by atoms with E-state index in [1.54, 1.807) is 0 Å². The zero-order chi connectivity index (χ0) is 11.9. The zero-order valence-electron chi connectivity index (χ0n) is 9.65. The third-order valence-corrected chi connectivity index (χ3v) is 2.56. The summed E-state index contributed by atoms with van der Waals surface area (Å²) in [6.45, 7) is 0.579. The Labute approximate surface area is 101 Å². The van der Waals surface area contributed by atoms with E-state index >= 15 is 0 Å². The summed E-state index contributed by atoms with van der Waals surface area (Å²) in [6, 6.07) is 9.25. The highest BCUT2D eigenvalue weighted by atomic mass is 16.2. The number of hydrogen-bond acceptors (Lipinski definition) is 1. The van der Waals surface area contributed by atoms with Crippen LogP contribution in [0.3, 0.4) is 0 Å². The van der Waals surface area contributed by atoms with Gasteiger partial charge in [0, 0.05) is 12.2 Å². The molecule has 3 nitrogen and oxygen atoms in total. The maximum absolute atomic E-state index is 11.6. The second kappa shape index (κ2) is 5.89. The molecule has 1 aliphatic carbocycles. The van der Waals surface area contributed by atoms with Crippen LogP contribution >= 0.6 is 0 Å². The number of carbonyl (C=O) groups is 1. The Hall–Kier alpha value is -2.03. The predicted octanol–water partition coefficient (Wildman–Crippen LogP) is 3.08. The quantitative estimate of drug-likeness (QED) is 0.820. The first-order valence-corrected chi connectivity index (χ1v) is 5.80. The molecule has 0 radical (unpaired) electrons. The molecule has 1 aromatic carbocycles. The highest BCUT2D eigenvalue weighted by Gasteiger charge is 2.02. The van der Waals surface area contributed by atoms with Crippen molar-refractivity contribution in [1.29, 1.82) is 0 Å². The second-order valence-corrected chi connectivity index (χ2v) is 3.93. The van der Waals surface area contributed by atoms with Gasteiger partial charge in [-0.3, -0.25) is 0 Å². The molecule has 2 N–H and O–H groups in total. The average Bonchev–Trinajstić information content (AvgIpc) is 2.39. The van der Waals surface area contributed by atoms with Crippen molar-refractivity contribution in [1.82, 2.24) is 5.32 Å². The number of benzene rings is 1. The average molecular weight is 228 g/mol. The maximum atomic E-state index is 11.6. The normalized spacial score (nSPS) is 14.0. The summed E-state index contributed by atoms with van der Waals surface area (Å²) in [4.78, 5) is 11.6. The summed E-state index contributed by atoms with van der Waals surface area (Å²) in [5, 5.41) is 5.61. The number of hydrogen-bond donors (Lipinski definition) is 2. The van der Waals surface area contributed by atoms with Gasteiger partial charge in [-0.15, -0.1) is 0 Å². The van der Waals surface area contributed by atoms with E-state index in [-0.39, 0.29) is 6.03 Å². The van der Waals surface area contributed by atoms with Crippen molar-refractivity contribution >= 4 is 11.7 Å². The Morgan fingerprint density at radius 1 is 1.18 bits per heavy atom. The van der Waals surface area contributed by atoms with Crippen LogP contribution in [-0.2, 0) is 0 Å². The van der Waals surface area contributed by atoms with Crippen molar-refractivity contribution in [3.8, 4) is 0 Å². The molecule has 0 heterocycles. The van der Waals surface area contributed by atoms with Crippen LogP contribution in [0.15, 0.2) is 54.1 Å². The number of nitrogens with one attached hydrogen (secondary N) is 2. The fraction of sp³-hybridized carbons (Fsp3) is 0.214. The van der Waals surface area contributed by atoms with Gasteiger partial charge >= 0.3 is 6.03 Å². The number of rotatable bonds is 3. The van der Waals surface area contributed by atoms with Gasteiger partial charge in [-0.2, -0.15) is 0 Å². The van der Waals surface area contributed by atoms with Gasteiger partial charge in [-0.05, 0) is 30.5 Å². The standard InChI is InChI=1S/C14H16N2O/c17-14(16-13-9-5-2-6-10-13)15-11-12-7-3-1-4-8-12/h2-3,5-10H,1,4,11H2,(H2,15,16,17). The fourth-order valence-corrected chi connectivity index (χ4v) is 1.68. The van der Waals surface area contributed by atoms with Crippen molar-refractivity contribution in [2.45, 2.75) is 12.8 Å². The van der Waals surface area contributed by atoms with E-state index in [2.05, 4.69) is 28.9 Å². The smallest absolute Gasteiger partial charge is 0.319 e. The van der Waals surface area contributed by atoms with Gasteiger partial charge < -0.3 is 10.6 Å². The number of urea groups is 1. The first kappa shape index (κ1) is 11.5. The van der Waals surface area contributed by atoms with E-state index in [0.29, 0.717) is 6.54 Å². The summed E-state index contributed by atoms with van der Waals surface area (Å²) in [5.74, 6) is 0. The summed E-state index contributed by atoms with van der Waals surface area (Å²) in [7, 11) is 0. The monoisotopic (exact) mass is 228 g/mol. The summed E-state index contributed by atoms with van der Waals surface area (Å²) >= 11 is 0. The summed E-state index contributed by atoms with van der Waals surface area (Å²) in [6.07, 6.45) is 8.51. The molecule has 0 bridgehead atoms. The SMILES string of the molecule is O=C(NCC1=CCCC=C1)Nc1ccccc1. The van der Waals surface area contributed by atoms with Crippen LogP contribution in [0.2, 0.25) is 0 Å². The molecule has 1 aromatic rings. The second-order valence-electron chi connectivity index (χ2n) is 3.93. The Morgan fingerprint density at radius 2 is 2.00 bits per heavy atom. The van der Waals surface area contributed by atoms with Crippen LogP contribution in [0.5, 0.6) is 0 Å². The van der Waals surface area contributed by atoms with Crippen LogP contribution in [0.25, 0.3) is 0 Å². The van der Waals surface area contributed by atoms with Gasteiger partial charge in [0.2, 0.25) is 0 Å². The minimum atomic E-state index is -0.170. The minimum absolute atomic E-state index is 0.170. The van der Waals surface area contributed by atoms with Gasteiger partial charge in [-0.1, -0.05) is 36.4 Å². The molecule has 17 heavy (non-hydrogen) atoms. The Balaban J connectivity index is 1.78. The number of allylic oxidation sites excluding steroid dienone is 2. The molecule has 0 saturated carbocycles. The van der Waals surface area contributed by atoms with Crippen molar-refractivity contribution in [3.05, 3.63) is 54.1 Å². The lowest BCUT2D eigenvalue weighted by atomic mass is 10.1. The summed E-state index contributed by atoms with van der Waals surface area (Å²) in [5.41, 5.74) is 1.97. The predicted molar refractivity (Wildman–Crippen MR) is 69.9 cm³/mol. The molecule has 0 unspecified atom stereocenters. The van der Waals surface area contributed by atoms with Crippen LogP contribution < -0.4 is 10.6 Å². The lowest BCUT2D eigenvalue weighted by Crippen LogP contribution is -2.30. The molecule has 88 valence electrons. The van der Waals surface area contributed by atoms with Crippen molar-refractivity contribution in [2.24, 2.45) is 0 Å². The summed E-state index contributed by atoms with van der Waals surface area (Å²) < 4.78 is 0.